The van der Waals surface area contributed by atoms with Crippen LogP contribution in [0.15, 0.2) is 101 Å². The van der Waals surface area contributed by atoms with Crippen molar-refractivity contribution in [2.24, 2.45) is 0 Å². The van der Waals surface area contributed by atoms with Crippen LogP contribution in [0, 0.1) is 6.92 Å². The first kappa shape index (κ1) is 27.4. The van der Waals surface area contributed by atoms with Crippen LogP contribution >= 0.6 is 0 Å². The summed E-state index contributed by atoms with van der Waals surface area (Å²) in [6.07, 6.45) is 1.49. The summed E-state index contributed by atoms with van der Waals surface area (Å²) < 4.78 is 11.7. The number of ether oxygens (including phenoxy) is 1. The molecule has 3 aromatic carbocycles. The average Bonchev–Trinajstić information content (AvgIpc) is 3.64. The van der Waals surface area contributed by atoms with Gasteiger partial charge in [0.25, 0.3) is 11.7 Å². The molecule has 2 aliphatic rings. The highest BCUT2D eigenvalue weighted by Crippen LogP contribution is 2.43. The maximum absolute atomic E-state index is 13.5. The van der Waals surface area contributed by atoms with Crippen LogP contribution in [-0.4, -0.2) is 54.9 Å². The van der Waals surface area contributed by atoms with Crippen LogP contribution in [-0.2, 0) is 16.2 Å². The lowest BCUT2D eigenvalue weighted by Crippen LogP contribution is -2.44. The fraction of sp³-hybridized carbons (Fsp3) is 0.235. The first-order chi connectivity index (χ1) is 20.4. The van der Waals surface area contributed by atoms with Gasteiger partial charge in [0.15, 0.2) is 0 Å². The lowest BCUT2D eigenvalue weighted by molar-refractivity contribution is -0.132. The number of amides is 1. The smallest absolute Gasteiger partial charge is 0.300 e. The van der Waals surface area contributed by atoms with Crippen LogP contribution in [0.5, 0.6) is 5.75 Å². The first-order valence-corrected chi connectivity index (χ1v) is 14.1. The van der Waals surface area contributed by atoms with Gasteiger partial charge in [-0.2, -0.15) is 0 Å². The summed E-state index contributed by atoms with van der Waals surface area (Å²) in [4.78, 5) is 33.0. The Morgan fingerprint density at radius 2 is 1.62 bits per heavy atom. The molecule has 1 aromatic heterocycles. The Balaban J connectivity index is 1.31. The Labute approximate surface area is 245 Å². The molecule has 2 saturated heterocycles. The van der Waals surface area contributed by atoms with E-state index < -0.39 is 17.7 Å². The molecule has 1 N–H and O–H groups in total. The van der Waals surface area contributed by atoms with E-state index in [2.05, 4.69) is 16.8 Å². The van der Waals surface area contributed by atoms with Gasteiger partial charge < -0.3 is 24.1 Å². The summed E-state index contributed by atoms with van der Waals surface area (Å²) in [5, 5.41) is 11.5. The standard InChI is InChI=1S/C34H33N3O5/c1-23-21-25(10-15-28(23)42-22-24-7-4-3-5-8-24)32(38)30-31(29-9-6-20-41-29)37(34(40)33(30)39)27-13-11-26(12-14-27)36-18-16-35(2)17-19-36/h3-15,20-21,31,38H,16-19,22H2,1-2H3/b32-30-. The molecular weight excluding hydrogens is 530 g/mol. The second-order valence-electron chi connectivity index (χ2n) is 10.7. The number of aryl methyl sites for hydroxylation is 1. The third kappa shape index (κ3) is 5.29. The number of nitrogens with zero attached hydrogens (tertiary/aromatic N) is 3. The number of aliphatic hydroxyl groups is 1. The van der Waals surface area contributed by atoms with Gasteiger partial charge in [-0.25, -0.2) is 0 Å². The van der Waals surface area contributed by atoms with Gasteiger partial charge in [0.1, 0.15) is 29.9 Å². The molecular formula is C34H33N3O5. The molecule has 1 atom stereocenters. The molecule has 0 aliphatic carbocycles. The highest BCUT2D eigenvalue weighted by Gasteiger charge is 2.48. The lowest BCUT2D eigenvalue weighted by Gasteiger charge is -2.34. The zero-order valence-electron chi connectivity index (χ0n) is 23.7. The zero-order valence-corrected chi connectivity index (χ0v) is 23.7. The molecule has 8 nitrogen and oxygen atoms in total. The maximum Gasteiger partial charge on any atom is 0.300 e. The Morgan fingerprint density at radius 1 is 0.905 bits per heavy atom. The molecule has 0 spiro atoms. The van der Waals surface area contributed by atoms with E-state index in [0.29, 0.717) is 29.4 Å². The van der Waals surface area contributed by atoms with Crippen molar-refractivity contribution in [1.29, 1.82) is 0 Å². The van der Waals surface area contributed by atoms with Crippen LogP contribution < -0.4 is 14.5 Å². The van der Waals surface area contributed by atoms with Crippen molar-refractivity contribution in [2.45, 2.75) is 19.6 Å². The Bertz CT molecular complexity index is 1600. The quantitative estimate of drug-likeness (QED) is 0.179. The monoisotopic (exact) mass is 563 g/mol. The Kier molecular flexibility index (Phi) is 7.54. The summed E-state index contributed by atoms with van der Waals surface area (Å²) in [7, 11) is 2.11. The largest absolute Gasteiger partial charge is 0.507 e. The second kappa shape index (κ2) is 11.6. The molecule has 0 bridgehead atoms. The minimum absolute atomic E-state index is 0.0181. The number of benzene rings is 3. The van der Waals surface area contributed by atoms with E-state index in [1.165, 1.54) is 11.2 Å². The summed E-state index contributed by atoms with van der Waals surface area (Å²) in [5.41, 5.74) is 3.84. The van der Waals surface area contributed by atoms with Crippen molar-refractivity contribution < 1.29 is 23.8 Å². The van der Waals surface area contributed by atoms with Gasteiger partial charge in [-0.1, -0.05) is 30.3 Å². The van der Waals surface area contributed by atoms with Gasteiger partial charge in [-0.15, -0.1) is 0 Å². The van der Waals surface area contributed by atoms with Crippen molar-refractivity contribution >= 4 is 28.8 Å². The van der Waals surface area contributed by atoms with E-state index in [1.54, 1.807) is 30.3 Å². The third-order valence-corrected chi connectivity index (χ3v) is 7.94. The van der Waals surface area contributed by atoms with E-state index in [-0.39, 0.29) is 11.3 Å². The van der Waals surface area contributed by atoms with E-state index in [0.717, 1.165) is 43.0 Å². The van der Waals surface area contributed by atoms with E-state index >= 15 is 0 Å². The highest BCUT2D eigenvalue weighted by atomic mass is 16.5. The van der Waals surface area contributed by atoms with Gasteiger partial charge in [0, 0.05) is 43.1 Å². The second-order valence-corrected chi connectivity index (χ2v) is 10.7. The molecule has 3 heterocycles. The molecule has 2 fully saturated rings. The molecule has 1 unspecified atom stereocenters. The number of carbonyl (C=O) groups is 2. The van der Waals surface area contributed by atoms with Crippen molar-refractivity contribution in [2.75, 3.05) is 43.0 Å². The van der Waals surface area contributed by atoms with Crippen LogP contribution in [0.3, 0.4) is 0 Å². The fourth-order valence-electron chi connectivity index (χ4n) is 5.55. The van der Waals surface area contributed by atoms with Crippen LogP contribution in [0.1, 0.15) is 28.5 Å². The summed E-state index contributed by atoms with van der Waals surface area (Å²) in [6.45, 7) is 6.08. The molecule has 1 amide bonds. The number of ketones is 1. The van der Waals surface area contributed by atoms with E-state index in [4.69, 9.17) is 9.15 Å². The summed E-state index contributed by atoms with van der Waals surface area (Å²) in [5.74, 6) is -0.690. The number of anilines is 2. The normalized spacial score (nSPS) is 19.0. The van der Waals surface area contributed by atoms with Crippen molar-refractivity contribution in [3.63, 3.8) is 0 Å². The number of furan rings is 1. The lowest BCUT2D eigenvalue weighted by atomic mass is 9.98. The van der Waals surface area contributed by atoms with Gasteiger partial charge in [-0.3, -0.25) is 14.5 Å². The van der Waals surface area contributed by atoms with Crippen LogP contribution in [0.2, 0.25) is 0 Å². The van der Waals surface area contributed by atoms with Crippen molar-refractivity contribution in [1.82, 2.24) is 4.90 Å². The van der Waals surface area contributed by atoms with Gasteiger partial charge in [-0.05, 0) is 79.7 Å². The third-order valence-electron chi connectivity index (χ3n) is 7.94. The molecule has 0 saturated carbocycles. The molecule has 6 rings (SSSR count). The summed E-state index contributed by atoms with van der Waals surface area (Å²) >= 11 is 0. The zero-order chi connectivity index (χ0) is 29.2. The van der Waals surface area contributed by atoms with Crippen molar-refractivity contribution in [3.05, 3.63) is 119 Å². The number of piperazine rings is 1. The SMILES string of the molecule is Cc1cc(/C(O)=C2/C(=O)C(=O)N(c3ccc(N4CCN(C)CC4)cc3)C2c2ccco2)ccc1OCc1ccccc1. The number of hydrogen-bond donors (Lipinski definition) is 1. The molecule has 42 heavy (non-hydrogen) atoms. The molecule has 8 heteroatoms. The topological polar surface area (TPSA) is 86.5 Å². The van der Waals surface area contributed by atoms with Gasteiger partial charge in [0.2, 0.25) is 0 Å². The number of Topliss-reactive ketones (excluding diaryl/α,β-unsaturated/α-hetero) is 1. The predicted octanol–water partition coefficient (Wildman–Crippen LogP) is 5.55. The van der Waals surface area contributed by atoms with E-state index in [9.17, 15) is 14.7 Å². The predicted molar refractivity (Wildman–Crippen MR) is 162 cm³/mol. The highest BCUT2D eigenvalue weighted by molar-refractivity contribution is 6.51. The van der Waals surface area contributed by atoms with Crippen molar-refractivity contribution in [3.8, 4) is 5.75 Å². The Hall–Kier alpha value is -4.82. The first-order valence-electron chi connectivity index (χ1n) is 14.1. The average molecular weight is 564 g/mol. The number of likely N-dealkylation sites (N-methyl/N-ethyl adjacent to an activating group) is 1. The number of carbonyl (C=O) groups excluding carboxylic acids is 2. The minimum Gasteiger partial charge on any atom is -0.507 e. The van der Waals surface area contributed by atoms with Gasteiger partial charge in [0.05, 0.1) is 11.8 Å². The Morgan fingerprint density at radius 3 is 2.29 bits per heavy atom. The van der Waals surface area contributed by atoms with E-state index in [1.807, 2.05) is 61.5 Å². The minimum atomic E-state index is -0.913. The summed E-state index contributed by atoms with van der Waals surface area (Å²) in [6, 6.07) is 25.2. The molecule has 0 radical (unpaired) electrons. The molecule has 214 valence electrons. The number of rotatable bonds is 7. The molecule has 2 aliphatic heterocycles. The fourth-order valence-corrected chi connectivity index (χ4v) is 5.55. The van der Waals surface area contributed by atoms with Gasteiger partial charge >= 0.3 is 0 Å². The number of aliphatic hydroxyl groups excluding tert-OH is 1. The molecule has 4 aromatic rings. The maximum atomic E-state index is 13.5. The number of hydrogen-bond acceptors (Lipinski definition) is 7. The van der Waals surface area contributed by atoms with Crippen LogP contribution in [0.4, 0.5) is 11.4 Å². The van der Waals surface area contributed by atoms with Crippen LogP contribution in [0.25, 0.3) is 5.76 Å².